The van der Waals surface area contributed by atoms with Crippen molar-refractivity contribution in [2.24, 2.45) is 16.8 Å². The molecule has 0 aromatic heterocycles. The van der Waals surface area contributed by atoms with Crippen LogP contribution in [0, 0.1) is 11.8 Å². The monoisotopic (exact) mass is 553 g/mol. The predicted molar refractivity (Wildman–Crippen MR) is 136 cm³/mol. The fourth-order valence-corrected chi connectivity index (χ4v) is 3.79. The van der Waals surface area contributed by atoms with Crippen LogP contribution in [0.3, 0.4) is 0 Å². The molecule has 7 nitrogen and oxygen atoms in total. The van der Waals surface area contributed by atoms with Crippen LogP contribution >= 0.6 is 24.0 Å². The number of ether oxygens (including phenoxy) is 3. The zero-order valence-corrected chi connectivity index (χ0v) is 21.4. The number of hydrogen-bond acceptors (Lipinski definition) is 5. The lowest BCUT2D eigenvalue weighted by molar-refractivity contribution is -0.145. The molecule has 174 valence electrons. The van der Waals surface area contributed by atoms with E-state index in [-0.39, 0.29) is 41.8 Å². The minimum atomic E-state index is -0.165. The van der Waals surface area contributed by atoms with Gasteiger partial charge in [0.15, 0.2) is 17.5 Å². The second-order valence-corrected chi connectivity index (χ2v) is 7.67. The highest BCUT2D eigenvalue weighted by Gasteiger charge is 2.36. The van der Waals surface area contributed by atoms with Gasteiger partial charge in [-0.3, -0.25) is 9.79 Å². The van der Waals surface area contributed by atoms with Gasteiger partial charge in [-0.05, 0) is 29.2 Å². The number of benzene rings is 2. The Morgan fingerprint density at radius 3 is 2.50 bits per heavy atom. The largest absolute Gasteiger partial charge is 0.493 e. The molecule has 3 rings (SSSR count). The summed E-state index contributed by atoms with van der Waals surface area (Å²) in [6, 6.07) is 15.9. The summed E-state index contributed by atoms with van der Waals surface area (Å²) in [6.45, 7) is 4.48. The summed E-state index contributed by atoms with van der Waals surface area (Å²) in [4.78, 5) is 18.5. The molecule has 1 N–H and O–H groups in total. The molecule has 0 saturated carbocycles. The molecule has 0 aliphatic carbocycles. The molecule has 0 bridgehead atoms. The average Bonchev–Trinajstić information content (AvgIpc) is 3.19. The second kappa shape index (κ2) is 12.5. The van der Waals surface area contributed by atoms with Crippen LogP contribution in [-0.2, 0) is 22.7 Å². The van der Waals surface area contributed by atoms with Gasteiger partial charge in [0.1, 0.15) is 6.61 Å². The number of carbonyl (C=O) groups is 1. The van der Waals surface area contributed by atoms with Gasteiger partial charge in [0, 0.05) is 26.7 Å². The summed E-state index contributed by atoms with van der Waals surface area (Å²) in [5.41, 5.74) is 2.14. The number of aliphatic imine (C=N–C) groups is 1. The summed E-state index contributed by atoms with van der Waals surface area (Å²) in [6.07, 6.45) is 0. The van der Waals surface area contributed by atoms with Crippen molar-refractivity contribution >= 4 is 35.9 Å². The lowest BCUT2D eigenvalue weighted by atomic mass is 9.99. The third-order valence-electron chi connectivity index (χ3n) is 5.54. The molecule has 2 aromatic carbocycles. The molecule has 1 heterocycles. The van der Waals surface area contributed by atoms with Gasteiger partial charge in [-0.25, -0.2) is 0 Å². The quantitative estimate of drug-likeness (QED) is 0.244. The van der Waals surface area contributed by atoms with Crippen LogP contribution in [0.1, 0.15) is 18.1 Å². The standard InChI is InChI=1S/C24H31N3O4.HI/c1-17-14-27(15-20(17)23(28)30-4)24(25-2)26-13-19-10-11-21(22(12-19)29-3)31-16-18-8-6-5-7-9-18;/h5-12,17,20H,13-16H2,1-4H3,(H,25,26);1H. The molecule has 2 unspecified atom stereocenters. The Morgan fingerprint density at radius 2 is 1.84 bits per heavy atom. The van der Waals surface area contributed by atoms with Crippen molar-refractivity contribution in [3.8, 4) is 11.5 Å². The summed E-state index contributed by atoms with van der Waals surface area (Å²) in [5.74, 6) is 2.07. The van der Waals surface area contributed by atoms with E-state index < -0.39 is 0 Å². The van der Waals surface area contributed by atoms with Crippen molar-refractivity contribution in [2.75, 3.05) is 34.4 Å². The molecule has 1 aliphatic heterocycles. The number of nitrogens with zero attached hydrogens (tertiary/aromatic N) is 2. The van der Waals surface area contributed by atoms with E-state index in [0.717, 1.165) is 23.6 Å². The van der Waals surface area contributed by atoms with Crippen molar-refractivity contribution in [3.63, 3.8) is 0 Å². The Hall–Kier alpha value is -2.49. The maximum absolute atomic E-state index is 12.0. The van der Waals surface area contributed by atoms with Crippen LogP contribution < -0.4 is 14.8 Å². The van der Waals surface area contributed by atoms with E-state index in [2.05, 4.69) is 22.1 Å². The molecule has 8 heteroatoms. The molecule has 2 atom stereocenters. The zero-order chi connectivity index (χ0) is 22.2. The number of methoxy groups -OCH3 is 2. The molecule has 1 aliphatic rings. The number of nitrogens with one attached hydrogen (secondary N) is 1. The number of esters is 1. The van der Waals surface area contributed by atoms with E-state index in [4.69, 9.17) is 14.2 Å². The molecule has 0 amide bonds. The fourth-order valence-electron chi connectivity index (χ4n) is 3.79. The number of hydrogen-bond donors (Lipinski definition) is 1. The summed E-state index contributed by atoms with van der Waals surface area (Å²) in [7, 11) is 4.82. The first-order valence-electron chi connectivity index (χ1n) is 10.4. The van der Waals surface area contributed by atoms with E-state index in [9.17, 15) is 4.79 Å². The maximum atomic E-state index is 12.0. The van der Waals surface area contributed by atoms with Gasteiger partial charge < -0.3 is 24.4 Å². The fraction of sp³-hybridized carbons (Fsp3) is 0.417. The third-order valence-corrected chi connectivity index (χ3v) is 5.54. The first-order valence-corrected chi connectivity index (χ1v) is 10.4. The molecule has 1 fully saturated rings. The number of rotatable bonds is 7. The van der Waals surface area contributed by atoms with Crippen LogP contribution in [0.25, 0.3) is 0 Å². The van der Waals surface area contributed by atoms with E-state index >= 15 is 0 Å². The van der Waals surface area contributed by atoms with Crippen LogP contribution in [0.4, 0.5) is 0 Å². The second-order valence-electron chi connectivity index (χ2n) is 7.67. The highest BCUT2D eigenvalue weighted by molar-refractivity contribution is 14.0. The van der Waals surface area contributed by atoms with Gasteiger partial charge >= 0.3 is 5.97 Å². The minimum absolute atomic E-state index is 0. The maximum Gasteiger partial charge on any atom is 0.310 e. The molecular weight excluding hydrogens is 521 g/mol. The summed E-state index contributed by atoms with van der Waals surface area (Å²) >= 11 is 0. The van der Waals surface area contributed by atoms with Gasteiger partial charge in [-0.15, -0.1) is 24.0 Å². The van der Waals surface area contributed by atoms with Gasteiger partial charge in [0.05, 0.1) is 20.1 Å². The molecule has 2 aromatic rings. The van der Waals surface area contributed by atoms with E-state index in [1.54, 1.807) is 14.2 Å². The number of halogens is 1. The smallest absolute Gasteiger partial charge is 0.310 e. The van der Waals surface area contributed by atoms with Crippen molar-refractivity contribution in [1.29, 1.82) is 0 Å². The topological polar surface area (TPSA) is 72.4 Å². The first kappa shape index (κ1) is 25.8. The normalized spacial score (nSPS) is 18.0. The van der Waals surface area contributed by atoms with E-state index in [1.165, 1.54) is 7.11 Å². The number of carbonyl (C=O) groups excluding carboxylic acids is 1. The van der Waals surface area contributed by atoms with Gasteiger partial charge in [-0.1, -0.05) is 43.3 Å². The van der Waals surface area contributed by atoms with Crippen LogP contribution in [0.15, 0.2) is 53.5 Å². The lowest BCUT2D eigenvalue weighted by Crippen LogP contribution is -2.40. The van der Waals surface area contributed by atoms with Gasteiger partial charge in [-0.2, -0.15) is 0 Å². The predicted octanol–water partition coefficient (Wildman–Crippen LogP) is 3.71. The Kier molecular flexibility index (Phi) is 10.1. The number of likely N-dealkylation sites (tertiary alicyclic amines) is 1. The van der Waals surface area contributed by atoms with E-state index in [1.807, 2.05) is 48.5 Å². The van der Waals surface area contributed by atoms with Crippen molar-refractivity contribution in [1.82, 2.24) is 10.2 Å². The van der Waals surface area contributed by atoms with Gasteiger partial charge in [0.2, 0.25) is 0 Å². The molecule has 32 heavy (non-hydrogen) atoms. The minimum Gasteiger partial charge on any atom is -0.493 e. The van der Waals surface area contributed by atoms with Crippen LogP contribution in [0.2, 0.25) is 0 Å². The Bertz CT molecular complexity index is 907. The van der Waals surface area contributed by atoms with Crippen molar-refractivity contribution in [2.45, 2.75) is 20.1 Å². The first-order chi connectivity index (χ1) is 15.0. The van der Waals surface area contributed by atoms with Crippen LogP contribution in [0.5, 0.6) is 11.5 Å². The Morgan fingerprint density at radius 1 is 1.09 bits per heavy atom. The Labute approximate surface area is 207 Å². The molecule has 1 saturated heterocycles. The third kappa shape index (κ3) is 6.51. The number of guanidine groups is 1. The summed E-state index contributed by atoms with van der Waals surface area (Å²) < 4.78 is 16.4. The van der Waals surface area contributed by atoms with Crippen molar-refractivity contribution < 1.29 is 19.0 Å². The highest BCUT2D eigenvalue weighted by Crippen LogP contribution is 2.29. The lowest BCUT2D eigenvalue weighted by Gasteiger charge is -2.22. The molecule has 0 spiro atoms. The SMILES string of the molecule is CN=C(NCc1ccc(OCc2ccccc2)c(OC)c1)N1CC(C)C(C(=O)OC)C1.I. The summed E-state index contributed by atoms with van der Waals surface area (Å²) in [5, 5.41) is 3.38. The van der Waals surface area contributed by atoms with Gasteiger partial charge in [0.25, 0.3) is 0 Å². The zero-order valence-electron chi connectivity index (χ0n) is 19.0. The van der Waals surface area contributed by atoms with Crippen molar-refractivity contribution in [3.05, 3.63) is 59.7 Å². The highest BCUT2D eigenvalue weighted by atomic mass is 127. The molecule has 0 radical (unpaired) electrons. The van der Waals surface area contributed by atoms with Crippen LogP contribution in [-0.4, -0.2) is 51.2 Å². The average molecular weight is 553 g/mol. The Balaban J connectivity index is 0.00000363. The molecular formula is C24H32IN3O4. The van der Waals surface area contributed by atoms with E-state index in [0.29, 0.717) is 31.2 Å².